The molecule has 0 fully saturated rings. The maximum atomic E-state index is 11.3. The van der Waals surface area contributed by atoms with Gasteiger partial charge in [-0.2, -0.15) is 0 Å². The van der Waals surface area contributed by atoms with Gasteiger partial charge in [0.15, 0.2) is 11.7 Å². The molecular weight excluding hydrogens is 268 g/mol. The van der Waals surface area contributed by atoms with Gasteiger partial charge in [-0.1, -0.05) is 48.9 Å². The van der Waals surface area contributed by atoms with Crippen LogP contribution in [-0.2, 0) is 25.6 Å². The molecule has 0 amide bonds. The number of alkyl halides is 1. The Bertz CT molecular complexity index is 369. The first-order valence-corrected chi connectivity index (χ1v) is 6.59. The summed E-state index contributed by atoms with van der Waals surface area (Å²) in [4.78, 5) is 11.3. The highest BCUT2D eigenvalue weighted by Gasteiger charge is 2.23. The second-order valence-corrected chi connectivity index (χ2v) is 4.40. The fourth-order valence-corrected chi connectivity index (χ4v) is 1.56. The van der Waals surface area contributed by atoms with E-state index in [1.54, 1.807) is 6.92 Å². The maximum Gasteiger partial charge on any atom is 0.305 e. The zero-order chi connectivity index (χ0) is 14.1. The number of rotatable bonds is 8. The number of halogens is 1. The quantitative estimate of drug-likeness (QED) is 0.544. The zero-order valence-corrected chi connectivity index (χ0v) is 11.9. The molecule has 0 aliphatic heterocycles. The zero-order valence-electron chi connectivity index (χ0n) is 11.2. The lowest BCUT2D eigenvalue weighted by Gasteiger charge is -2.21. The lowest BCUT2D eigenvalue weighted by atomic mass is 10.2. The molecule has 0 spiro atoms. The van der Waals surface area contributed by atoms with Crippen molar-refractivity contribution in [3.8, 4) is 0 Å². The van der Waals surface area contributed by atoms with Crippen LogP contribution in [0, 0.1) is 0 Å². The molecule has 1 rings (SSSR count). The van der Waals surface area contributed by atoms with Crippen molar-refractivity contribution in [2.45, 2.75) is 31.6 Å². The van der Waals surface area contributed by atoms with Crippen LogP contribution in [0.5, 0.6) is 0 Å². The average Bonchev–Trinajstić information content (AvgIpc) is 2.46. The first kappa shape index (κ1) is 16.0. The second kappa shape index (κ2) is 8.91. The number of carbonyl (C=O) groups is 1. The van der Waals surface area contributed by atoms with E-state index in [0.29, 0.717) is 13.0 Å². The average molecular weight is 287 g/mol. The monoisotopic (exact) mass is 286 g/mol. The predicted octanol–water partition coefficient (Wildman–Crippen LogP) is 2.74. The van der Waals surface area contributed by atoms with Gasteiger partial charge in [-0.3, -0.25) is 4.79 Å². The Hall–Kier alpha value is -1.10. The van der Waals surface area contributed by atoms with Gasteiger partial charge >= 0.3 is 5.97 Å². The Morgan fingerprint density at radius 2 is 2.00 bits per heavy atom. The van der Waals surface area contributed by atoms with Crippen molar-refractivity contribution in [2.24, 2.45) is 0 Å². The summed E-state index contributed by atoms with van der Waals surface area (Å²) in [6.45, 7) is 2.36. The van der Waals surface area contributed by atoms with Gasteiger partial charge in [-0.15, -0.1) is 0 Å². The SMILES string of the molecule is CCC(=O)OC(COCc1ccccc1)C(Cl)OC. The van der Waals surface area contributed by atoms with Crippen LogP contribution in [0.3, 0.4) is 0 Å². The topological polar surface area (TPSA) is 44.8 Å². The molecule has 0 aromatic heterocycles. The van der Waals surface area contributed by atoms with Crippen molar-refractivity contribution in [2.75, 3.05) is 13.7 Å². The number of methoxy groups -OCH3 is 1. The number of hydrogen-bond acceptors (Lipinski definition) is 4. The largest absolute Gasteiger partial charge is 0.456 e. The van der Waals surface area contributed by atoms with Crippen molar-refractivity contribution >= 4 is 17.6 Å². The fraction of sp³-hybridized carbons (Fsp3) is 0.500. The molecule has 0 N–H and O–H groups in total. The van der Waals surface area contributed by atoms with Crippen LogP contribution < -0.4 is 0 Å². The van der Waals surface area contributed by atoms with E-state index in [0.717, 1.165) is 5.56 Å². The van der Waals surface area contributed by atoms with Crippen molar-refractivity contribution in [3.63, 3.8) is 0 Å². The molecule has 2 unspecified atom stereocenters. The Balaban J connectivity index is 2.42. The van der Waals surface area contributed by atoms with E-state index in [9.17, 15) is 4.79 Å². The summed E-state index contributed by atoms with van der Waals surface area (Å²) < 4.78 is 15.6. The third-order valence-corrected chi connectivity index (χ3v) is 2.94. The Morgan fingerprint density at radius 1 is 1.32 bits per heavy atom. The summed E-state index contributed by atoms with van der Waals surface area (Å²) in [6.07, 6.45) is -0.314. The van der Waals surface area contributed by atoms with Gasteiger partial charge in [0.1, 0.15) is 0 Å². The van der Waals surface area contributed by atoms with Crippen molar-refractivity contribution in [1.29, 1.82) is 0 Å². The maximum absolute atomic E-state index is 11.3. The molecule has 4 nitrogen and oxygen atoms in total. The molecule has 0 radical (unpaired) electrons. The van der Waals surface area contributed by atoms with Gasteiger partial charge in [-0.05, 0) is 5.56 Å². The van der Waals surface area contributed by atoms with Gasteiger partial charge in [0, 0.05) is 13.5 Å². The van der Waals surface area contributed by atoms with Crippen LogP contribution in [0.4, 0.5) is 0 Å². The van der Waals surface area contributed by atoms with E-state index in [2.05, 4.69) is 0 Å². The third-order valence-electron chi connectivity index (χ3n) is 2.48. The number of hydrogen-bond donors (Lipinski definition) is 0. The predicted molar refractivity (Wildman–Crippen MR) is 72.9 cm³/mol. The summed E-state index contributed by atoms with van der Waals surface area (Å²) in [5.41, 5.74) is 0.331. The molecular formula is C14H19ClO4. The minimum Gasteiger partial charge on any atom is -0.456 e. The fourth-order valence-electron chi connectivity index (χ4n) is 1.43. The lowest BCUT2D eigenvalue weighted by molar-refractivity contribution is -0.157. The highest BCUT2D eigenvalue weighted by atomic mass is 35.5. The summed E-state index contributed by atoms with van der Waals surface area (Å²) in [7, 11) is 1.46. The normalized spacial score (nSPS) is 13.8. The minimum absolute atomic E-state index is 0.197. The minimum atomic E-state index is -0.716. The standard InChI is InChI=1S/C14H19ClO4/c1-3-13(16)19-12(14(15)17-2)10-18-9-11-7-5-4-6-8-11/h4-8,12,14H,3,9-10H2,1-2H3. The van der Waals surface area contributed by atoms with Gasteiger partial charge < -0.3 is 14.2 Å². The summed E-state index contributed by atoms with van der Waals surface area (Å²) in [6, 6.07) is 9.73. The summed E-state index contributed by atoms with van der Waals surface area (Å²) in [5, 5.41) is 0. The van der Waals surface area contributed by atoms with Crippen molar-refractivity contribution < 1.29 is 19.0 Å². The van der Waals surface area contributed by atoms with Gasteiger partial charge in [0.05, 0.1) is 13.2 Å². The van der Waals surface area contributed by atoms with Crippen LogP contribution >= 0.6 is 11.6 Å². The summed E-state index contributed by atoms with van der Waals surface area (Å²) in [5.74, 6) is -0.323. The van der Waals surface area contributed by atoms with Crippen LogP contribution in [-0.4, -0.2) is 31.4 Å². The molecule has 5 heteroatoms. The Kier molecular flexibility index (Phi) is 7.48. The van der Waals surface area contributed by atoms with Crippen LogP contribution in [0.15, 0.2) is 30.3 Å². The van der Waals surface area contributed by atoms with Crippen LogP contribution in [0.25, 0.3) is 0 Å². The highest BCUT2D eigenvalue weighted by molar-refractivity contribution is 6.20. The lowest BCUT2D eigenvalue weighted by Crippen LogP contribution is -2.33. The summed E-state index contributed by atoms with van der Waals surface area (Å²) >= 11 is 5.93. The van der Waals surface area contributed by atoms with Gasteiger partial charge in [0.2, 0.25) is 0 Å². The third kappa shape index (κ3) is 6.05. The van der Waals surface area contributed by atoms with E-state index in [4.69, 9.17) is 25.8 Å². The van der Waals surface area contributed by atoms with Gasteiger partial charge in [-0.25, -0.2) is 0 Å². The molecule has 2 atom stereocenters. The first-order valence-electron chi connectivity index (χ1n) is 6.15. The molecule has 0 saturated carbocycles. The van der Waals surface area contributed by atoms with E-state index >= 15 is 0 Å². The number of benzene rings is 1. The smallest absolute Gasteiger partial charge is 0.305 e. The van der Waals surface area contributed by atoms with E-state index in [1.165, 1.54) is 7.11 Å². The molecule has 106 valence electrons. The molecule has 0 heterocycles. The van der Waals surface area contributed by atoms with Gasteiger partial charge in [0.25, 0.3) is 0 Å². The number of carbonyl (C=O) groups excluding carboxylic acids is 1. The molecule has 1 aromatic rings. The van der Waals surface area contributed by atoms with Crippen LogP contribution in [0.2, 0.25) is 0 Å². The Labute approximate surface area is 118 Å². The molecule has 0 aliphatic rings. The van der Waals surface area contributed by atoms with E-state index < -0.39 is 11.7 Å². The second-order valence-electron chi connectivity index (χ2n) is 3.97. The number of ether oxygens (including phenoxy) is 3. The van der Waals surface area contributed by atoms with Crippen molar-refractivity contribution in [3.05, 3.63) is 35.9 Å². The molecule has 19 heavy (non-hydrogen) atoms. The van der Waals surface area contributed by atoms with Crippen LogP contribution in [0.1, 0.15) is 18.9 Å². The number of esters is 1. The Morgan fingerprint density at radius 3 is 2.58 bits per heavy atom. The molecule has 0 saturated heterocycles. The van der Waals surface area contributed by atoms with E-state index in [-0.39, 0.29) is 12.6 Å². The first-order chi connectivity index (χ1) is 9.17. The van der Waals surface area contributed by atoms with Crippen molar-refractivity contribution in [1.82, 2.24) is 0 Å². The highest BCUT2D eigenvalue weighted by Crippen LogP contribution is 2.11. The molecule has 0 bridgehead atoms. The van der Waals surface area contributed by atoms with E-state index in [1.807, 2.05) is 30.3 Å². The molecule has 0 aliphatic carbocycles. The molecule has 1 aromatic carbocycles.